The van der Waals surface area contributed by atoms with Gasteiger partial charge in [0.05, 0.1) is 6.10 Å². The first-order chi connectivity index (χ1) is 7.68. The molecule has 3 nitrogen and oxygen atoms in total. The van der Waals surface area contributed by atoms with E-state index in [0.717, 1.165) is 38.6 Å². The number of hydrogen-bond acceptors (Lipinski definition) is 2. The van der Waals surface area contributed by atoms with Gasteiger partial charge in [-0.05, 0) is 44.6 Å². The van der Waals surface area contributed by atoms with E-state index in [9.17, 15) is 9.90 Å². The maximum atomic E-state index is 11.8. The summed E-state index contributed by atoms with van der Waals surface area (Å²) in [4.78, 5) is 11.8. The molecule has 1 unspecified atom stereocenters. The second-order valence-electron chi connectivity index (χ2n) is 4.64. The van der Waals surface area contributed by atoms with Crippen LogP contribution in [0.25, 0.3) is 0 Å². The molecular weight excluding hydrogens is 202 g/mol. The summed E-state index contributed by atoms with van der Waals surface area (Å²) in [5.41, 5.74) is 2.65. The normalized spacial score (nSPS) is 16.1. The third-order valence-corrected chi connectivity index (χ3v) is 3.25. The molecular formula is C13H19NO2. The van der Waals surface area contributed by atoms with Crippen LogP contribution in [0.2, 0.25) is 0 Å². The van der Waals surface area contributed by atoms with Crippen molar-refractivity contribution in [3.05, 3.63) is 33.7 Å². The molecule has 1 N–H and O–H groups in total. The van der Waals surface area contributed by atoms with Crippen LogP contribution in [0, 0.1) is 0 Å². The molecule has 0 bridgehead atoms. The summed E-state index contributed by atoms with van der Waals surface area (Å²) < 4.78 is 1.89. The summed E-state index contributed by atoms with van der Waals surface area (Å²) in [5, 5.41) is 9.21. The summed E-state index contributed by atoms with van der Waals surface area (Å²) in [6, 6.07) is 3.64. The van der Waals surface area contributed by atoms with Gasteiger partial charge < -0.3 is 9.67 Å². The molecule has 0 aromatic carbocycles. The second-order valence-corrected chi connectivity index (χ2v) is 4.64. The Labute approximate surface area is 95.7 Å². The van der Waals surface area contributed by atoms with Crippen LogP contribution in [-0.2, 0) is 19.4 Å². The first-order valence-corrected chi connectivity index (χ1v) is 6.08. The van der Waals surface area contributed by atoms with Gasteiger partial charge in [0.2, 0.25) is 0 Å². The topological polar surface area (TPSA) is 42.2 Å². The average molecular weight is 221 g/mol. The number of aromatic nitrogens is 1. The molecule has 16 heavy (non-hydrogen) atoms. The van der Waals surface area contributed by atoms with Gasteiger partial charge in [0.1, 0.15) is 0 Å². The highest BCUT2D eigenvalue weighted by atomic mass is 16.3. The molecule has 0 saturated carbocycles. The highest BCUT2D eigenvalue weighted by Crippen LogP contribution is 2.20. The highest BCUT2D eigenvalue weighted by Gasteiger charge is 2.15. The second kappa shape index (κ2) is 4.83. The summed E-state index contributed by atoms with van der Waals surface area (Å²) in [6.45, 7) is 2.53. The van der Waals surface area contributed by atoms with Crippen LogP contribution in [-0.4, -0.2) is 15.8 Å². The molecule has 3 heteroatoms. The minimum Gasteiger partial charge on any atom is -0.393 e. The number of aryl methyl sites for hydroxylation is 1. The average Bonchev–Trinajstić information content (AvgIpc) is 2.69. The minimum atomic E-state index is -0.271. The maximum Gasteiger partial charge on any atom is 0.250 e. The Kier molecular flexibility index (Phi) is 3.44. The molecule has 1 atom stereocenters. The molecule has 1 aromatic rings. The lowest BCUT2D eigenvalue weighted by atomic mass is 10.2. The van der Waals surface area contributed by atoms with Crippen LogP contribution < -0.4 is 5.56 Å². The molecule has 1 aliphatic rings. The third kappa shape index (κ3) is 2.35. The Morgan fingerprint density at radius 3 is 3.00 bits per heavy atom. The summed E-state index contributed by atoms with van der Waals surface area (Å²) in [5.74, 6) is 0. The summed E-state index contributed by atoms with van der Waals surface area (Å²) >= 11 is 0. The Morgan fingerprint density at radius 2 is 2.25 bits per heavy atom. The van der Waals surface area contributed by atoms with Crippen molar-refractivity contribution in [3.8, 4) is 0 Å². The van der Waals surface area contributed by atoms with E-state index in [-0.39, 0.29) is 11.7 Å². The lowest BCUT2D eigenvalue weighted by molar-refractivity contribution is 0.179. The molecule has 0 amide bonds. The zero-order valence-corrected chi connectivity index (χ0v) is 9.78. The van der Waals surface area contributed by atoms with Gasteiger partial charge in [-0.1, -0.05) is 6.07 Å². The number of aliphatic hydroxyl groups is 1. The predicted octanol–water partition coefficient (Wildman–Crippen LogP) is 1.50. The van der Waals surface area contributed by atoms with Crippen molar-refractivity contribution in [1.29, 1.82) is 0 Å². The number of pyridine rings is 1. The van der Waals surface area contributed by atoms with Gasteiger partial charge in [-0.25, -0.2) is 0 Å². The van der Waals surface area contributed by atoms with E-state index < -0.39 is 0 Å². The lowest BCUT2D eigenvalue weighted by Crippen LogP contribution is -2.23. The standard InChI is InChI=1S/C13H19NO2/c1-10(15)4-3-9-14-12-6-2-5-11(12)7-8-13(14)16/h7-8,10,15H,2-6,9H2,1H3. The van der Waals surface area contributed by atoms with E-state index in [1.54, 1.807) is 13.0 Å². The Bertz CT molecular complexity index is 420. The molecule has 88 valence electrons. The maximum absolute atomic E-state index is 11.8. The molecule has 0 spiro atoms. The number of hydrogen-bond donors (Lipinski definition) is 1. The molecule has 0 radical (unpaired) electrons. The van der Waals surface area contributed by atoms with E-state index in [2.05, 4.69) is 0 Å². The number of nitrogens with zero attached hydrogens (tertiary/aromatic N) is 1. The van der Waals surface area contributed by atoms with Crippen molar-refractivity contribution < 1.29 is 5.11 Å². The van der Waals surface area contributed by atoms with Crippen molar-refractivity contribution in [3.63, 3.8) is 0 Å². The fourth-order valence-corrected chi connectivity index (χ4v) is 2.42. The molecule has 1 aromatic heterocycles. The Balaban J connectivity index is 2.14. The molecule has 0 saturated heterocycles. The zero-order chi connectivity index (χ0) is 11.5. The van der Waals surface area contributed by atoms with E-state index >= 15 is 0 Å². The Hall–Kier alpha value is -1.09. The van der Waals surface area contributed by atoms with E-state index in [4.69, 9.17) is 0 Å². The summed E-state index contributed by atoms with van der Waals surface area (Å²) in [6.07, 6.45) is 4.65. The van der Waals surface area contributed by atoms with Gasteiger partial charge in [0.15, 0.2) is 0 Å². The number of fused-ring (bicyclic) bond motifs is 1. The lowest BCUT2D eigenvalue weighted by Gasteiger charge is -2.12. The quantitative estimate of drug-likeness (QED) is 0.837. The van der Waals surface area contributed by atoms with Crippen LogP contribution in [0.5, 0.6) is 0 Å². The Morgan fingerprint density at radius 1 is 1.44 bits per heavy atom. The minimum absolute atomic E-state index is 0.103. The fraction of sp³-hybridized carbons (Fsp3) is 0.615. The molecule has 1 aliphatic carbocycles. The molecule has 0 fully saturated rings. The van der Waals surface area contributed by atoms with E-state index in [1.165, 1.54) is 11.3 Å². The van der Waals surface area contributed by atoms with Gasteiger partial charge in [0, 0.05) is 18.3 Å². The number of rotatable bonds is 4. The van der Waals surface area contributed by atoms with Crippen molar-refractivity contribution in [1.82, 2.24) is 4.57 Å². The van der Waals surface area contributed by atoms with Crippen molar-refractivity contribution in [2.24, 2.45) is 0 Å². The SMILES string of the molecule is CC(O)CCCn1c2c(ccc1=O)CCC2. The zero-order valence-electron chi connectivity index (χ0n) is 9.78. The highest BCUT2D eigenvalue weighted by molar-refractivity contribution is 5.25. The van der Waals surface area contributed by atoms with E-state index in [0.29, 0.717) is 0 Å². The molecule has 2 rings (SSSR count). The van der Waals surface area contributed by atoms with E-state index in [1.807, 2.05) is 10.6 Å². The van der Waals surface area contributed by atoms with Crippen molar-refractivity contribution >= 4 is 0 Å². The van der Waals surface area contributed by atoms with Crippen molar-refractivity contribution in [2.75, 3.05) is 0 Å². The van der Waals surface area contributed by atoms with Gasteiger partial charge in [0.25, 0.3) is 5.56 Å². The van der Waals surface area contributed by atoms with Gasteiger partial charge in [-0.2, -0.15) is 0 Å². The fourth-order valence-electron chi connectivity index (χ4n) is 2.42. The molecule has 1 heterocycles. The first-order valence-electron chi connectivity index (χ1n) is 6.08. The smallest absolute Gasteiger partial charge is 0.250 e. The molecule has 0 aliphatic heterocycles. The summed E-state index contributed by atoms with van der Waals surface area (Å²) in [7, 11) is 0. The van der Waals surface area contributed by atoms with Crippen LogP contribution >= 0.6 is 0 Å². The van der Waals surface area contributed by atoms with Crippen LogP contribution in [0.15, 0.2) is 16.9 Å². The number of aliphatic hydroxyl groups excluding tert-OH is 1. The largest absolute Gasteiger partial charge is 0.393 e. The van der Waals surface area contributed by atoms with Gasteiger partial charge in [-0.3, -0.25) is 4.79 Å². The predicted molar refractivity (Wildman–Crippen MR) is 63.6 cm³/mol. The third-order valence-electron chi connectivity index (χ3n) is 3.25. The van der Waals surface area contributed by atoms with Crippen LogP contribution in [0.3, 0.4) is 0 Å². The van der Waals surface area contributed by atoms with Crippen LogP contribution in [0.1, 0.15) is 37.4 Å². The monoisotopic (exact) mass is 221 g/mol. The van der Waals surface area contributed by atoms with Crippen molar-refractivity contribution in [2.45, 2.75) is 51.7 Å². The first kappa shape index (κ1) is 11.4. The van der Waals surface area contributed by atoms with Gasteiger partial charge in [-0.15, -0.1) is 0 Å². The van der Waals surface area contributed by atoms with Crippen LogP contribution in [0.4, 0.5) is 0 Å². The van der Waals surface area contributed by atoms with Gasteiger partial charge >= 0.3 is 0 Å².